The van der Waals surface area contributed by atoms with Gasteiger partial charge in [0.15, 0.2) is 5.78 Å². The third-order valence-corrected chi connectivity index (χ3v) is 3.63. The van der Waals surface area contributed by atoms with E-state index in [1.54, 1.807) is 27.7 Å². The lowest BCUT2D eigenvalue weighted by Crippen LogP contribution is -2.51. The second-order valence-corrected chi connectivity index (χ2v) is 5.75. The van der Waals surface area contributed by atoms with Crippen LogP contribution < -0.4 is 5.73 Å². The van der Waals surface area contributed by atoms with Crippen LogP contribution in [0.2, 0.25) is 0 Å². The highest BCUT2D eigenvalue weighted by atomic mass is 19.4. The number of halogens is 3. The van der Waals surface area contributed by atoms with E-state index in [4.69, 9.17) is 5.73 Å². The first-order valence-corrected chi connectivity index (χ1v) is 5.88. The lowest BCUT2D eigenvalue weighted by atomic mass is 9.70. The standard InChI is InChI=1S/C14H18F3NO/c1-12(2,13(3,4)18)11(19)9-6-5-7-10(8-9)14(15,16)17/h5-8H,18H2,1-4H3. The molecule has 2 nitrogen and oxygen atoms in total. The highest BCUT2D eigenvalue weighted by molar-refractivity contribution is 6.01. The van der Waals surface area contributed by atoms with Crippen LogP contribution in [0.1, 0.15) is 43.6 Å². The second-order valence-electron chi connectivity index (χ2n) is 5.75. The fraction of sp³-hybridized carbons (Fsp3) is 0.500. The Morgan fingerprint density at radius 2 is 1.63 bits per heavy atom. The Morgan fingerprint density at radius 1 is 1.11 bits per heavy atom. The van der Waals surface area contributed by atoms with Crippen molar-refractivity contribution < 1.29 is 18.0 Å². The minimum atomic E-state index is -4.46. The molecule has 19 heavy (non-hydrogen) atoms. The molecule has 0 fully saturated rings. The number of ketones is 1. The van der Waals surface area contributed by atoms with E-state index in [2.05, 4.69) is 0 Å². The predicted octanol–water partition coefficient (Wildman–Crippen LogP) is 3.65. The molecular formula is C14H18F3NO. The van der Waals surface area contributed by atoms with Gasteiger partial charge in [-0.1, -0.05) is 26.0 Å². The van der Waals surface area contributed by atoms with Crippen molar-refractivity contribution in [3.05, 3.63) is 35.4 Å². The minimum Gasteiger partial charge on any atom is -0.325 e. The summed E-state index contributed by atoms with van der Waals surface area (Å²) in [5.74, 6) is -0.397. The summed E-state index contributed by atoms with van der Waals surface area (Å²) in [7, 11) is 0. The van der Waals surface area contributed by atoms with E-state index in [0.29, 0.717) is 0 Å². The summed E-state index contributed by atoms with van der Waals surface area (Å²) < 4.78 is 37.9. The van der Waals surface area contributed by atoms with Gasteiger partial charge in [0.25, 0.3) is 0 Å². The number of rotatable bonds is 3. The summed E-state index contributed by atoms with van der Waals surface area (Å²) in [4.78, 5) is 12.3. The Hall–Kier alpha value is -1.36. The van der Waals surface area contributed by atoms with Crippen molar-refractivity contribution in [2.75, 3.05) is 0 Å². The van der Waals surface area contributed by atoms with E-state index in [9.17, 15) is 18.0 Å². The molecule has 0 amide bonds. The topological polar surface area (TPSA) is 43.1 Å². The number of carbonyl (C=O) groups is 1. The number of benzene rings is 1. The molecule has 0 aromatic heterocycles. The Labute approximate surface area is 110 Å². The lowest BCUT2D eigenvalue weighted by Gasteiger charge is -2.37. The lowest BCUT2D eigenvalue weighted by molar-refractivity contribution is -0.137. The van der Waals surface area contributed by atoms with Crippen LogP contribution in [-0.2, 0) is 6.18 Å². The molecule has 1 rings (SSSR count). The Balaban J connectivity index is 3.22. The smallest absolute Gasteiger partial charge is 0.325 e. The maximum absolute atomic E-state index is 12.6. The van der Waals surface area contributed by atoms with Crippen molar-refractivity contribution in [2.24, 2.45) is 11.1 Å². The first-order chi connectivity index (χ1) is 8.37. The van der Waals surface area contributed by atoms with Crippen LogP contribution in [0.4, 0.5) is 13.2 Å². The Morgan fingerprint density at radius 3 is 2.05 bits per heavy atom. The molecule has 106 valence electrons. The molecule has 0 aliphatic carbocycles. The molecule has 0 spiro atoms. The van der Waals surface area contributed by atoms with Crippen LogP contribution in [0, 0.1) is 5.41 Å². The van der Waals surface area contributed by atoms with E-state index in [0.717, 1.165) is 12.1 Å². The number of hydrogen-bond acceptors (Lipinski definition) is 2. The quantitative estimate of drug-likeness (QED) is 0.854. The van der Waals surface area contributed by atoms with Gasteiger partial charge in [-0.3, -0.25) is 4.79 Å². The number of hydrogen-bond donors (Lipinski definition) is 1. The van der Waals surface area contributed by atoms with Crippen molar-refractivity contribution in [3.63, 3.8) is 0 Å². The van der Waals surface area contributed by atoms with Crippen LogP contribution in [0.3, 0.4) is 0 Å². The average molecular weight is 273 g/mol. The van der Waals surface area contributed by atoms with E-state index in [1.807, 2.05) is 0 Å². The van der Waals surface area contributed by atoms with Gasteiger partial charge in [0.1, 0.15) is 0 Å². The van der Waals surface area contributed by atoms with E-state index in [1.165, 1.54) is 12.1 Å². The average Bonchev–Trinajstić information content (AvgIpc) is 2.25. The van der Waals surface area contributed by atoms with Crippen molar-refractivity contribution in [1.29, 1.82) is 0 Å². The first kappa shape index (κ1) is 15.7. The molecule has 0 saturated carbocycles. The largest absolute Gasteiger partial charge is 0.416 e. The summed E-state index contributed by atoms with van der Waals surface area (Å²) in [6, 6.07) is 4.42. The zero-order valence-electron chi connectivity index (χ0n) is 11.4. The molecule has 0 radical (unpaired) electrons. The maximum Gasteiger partial charge on any atom is 0.416 e. The molecule has 0 aliphatic heterocycles. The van der Waals surface area contributed by atoms with Crippen LogP contribution in [0.5, 0.6) is 0 Å². The zero-order chi connectivity index (χ0) is 15.1. The van der Waals surface area contributed by atoms with Crippen LogP contribution in [-0.4, -0.2) is 11.3 Å². The van der Waals surface area contributed by atoms with Gasteiger partial charge in [-0.15, -0.1) is 0 Å². The number of Topliss-reactive ketones (excluding diaryl/α,β-unsaturated/α-hetero) is 1. The van der Waals surface area contributed by atoms with Crippen molar-refractivity contribution >= 4 is 5.78 Å². The van der Waals surface area contributed by atoms with Crippen LogP contribution in [0.25, 0.3) is 0 Å². The Bertz CT molecular complexity index is 484. The highest BCUT2D eigenvalue weighted by Gasteiger charge is 2.41. The molecular weight excluding hydrogens is 255 g/mol. The van der Waals surface area contributed by atoms with Gasteiger partial charge < -0.3 is 5.73 Å². The predicted molar refractivity (Wildman–Crippen MR) is 67.8 cm³/mol. The van der Waals surface area contributed by atoms with Crippen LogP contribution >= 0.6 is 0 Å². The summed E-state index contributed by atoms with van der Waals surface area (Å²) in [6.07, 6.45) is -4.46. The summed E-state index contributed by atoms with van der Waals surface area (Å²) in [5.41, 5.74) is 3.33. The normalized spacial score (nSPS) is 13.5. The monoisotopic (exact) mass is 273 g/mol. The Kier molecular flexibility index (Phi) is 3.83. The SMILES string of the molecule is CC(C)(N)C(C)(C)C(=O)c1cccc(C(F)(F)F)c1. The van der Waals surface area contributed by atoms with Gasteiger partial charge in [-0.25, -0.2) is 0 Å². The highest BCUT2D eigenvalue weighted by Crippen LogP contribution is 2.34. The third-order valence-electron chi connectivity index (χ3n) is 3.63. The summed E-state index contributed by atoms with van der Waals surface area (Å²) in [5, 5.41) is 0. The van der Waals surface area contributed by atoms with Gasteiger partial charge in [0.2, 0.25) is 0 Å². The molecule has 0 heterocycles. The maximum atomic E-state index is 12.6. The summed E-state index contributed by atoms with van der Waals surface area (Å²) in [6.45, 7) is 6.63. The van der Waals surface area contributed by atoms with E-state index < -0.39 is 28.5 Å². The molecule has 0 bridgehead atoms. The molecule has 0 unspecified atom stereocenters. The van der Waals surface area contributed by atoms with Gasteiger partial charge in [-0.05, 0) is 26.0 Å². The number of carbonyl (C=O) groups excluding carboxylic acids is 1. The molecule has 5 heteroatoms. The fourth-order valence-electron chi connectivity index (χ4n) is 1.49. The van der Waals surface area contributed by atoms with Gasteiger partial charge in [0.05, 0.1) is 5.56 Å². The fourth-order valence-corrected chi connectivity index (χ4v) is 1.49. The molecule has 0 aliphatic rings. The summed E-state index contributed by atoms with van der Waals surface area (Å²) >= 11 is 0. The molecule has 2 N–H and O–H groups in total. The minimum absolute atomic E-state index is 0.0263. The van der Waals surface area contributed by atoms with E-state index >= 15 is 0 Å². The zero-order valence-corrected chi connectivity index (χ0v) is 11.4. The molecule has 0 atom stereocenters. The number of alkyl halides is 3. The third kappa shape index (κ3) is 3.15. The van der Waals surface area contributed by atoms with E-state index in [-0.39, 0.29) is 5.56 Å². The molecule has 1 aromatic carbocycles. The van der Waals surface area contributed by atoms with Gasteiger partial charge >= 0.3 is 6.18 Å². The van der Waals surface area contributed by atoms with Crippen molar-refractivity contribution in [1.82, 2.24) is 0 Å². The second kappa shape index (κ2) is 4.63. The van der Waals surface area contributed by atoms with Gasteiger partial charge in [0, 0.05) is 16.5 Å². The molecule has 1 aromatic rings. The van der Waals surface area contributed by atoms with Crippen LogP contribution in [0.15, 0.2) is 24.3 Å². The first-order valence-electron chi connectivity index (χ1n) is 5.88. The van der Waals surface area contributed by atoms with Crippen molar-refractivity contribution in [3.8, 4) is 0 Å². The molecule has 0 saturated heterocycles. The van der Waals surface area contributed by atoms with Crippen molar-refractivity contribution in [2.45, 2.75) is 39.4 Å². The number of nitrogens with two attached hydrogens (primary N) is 1. The van der Waals surface area contributed by atoms with Gasteiger partial charge in [-0.2, -0.15) is 13.2 Å².